The molecule has 84 valence electrons. The van der Waals surface area contributed by atoms with E-state index in [2.05, 4.69) is 5.32 Å². The van der Waals surface area contributed by atoms with Gasteiger partial charge in [-0.05, 0) is 18.4 Å². The summed E-state index contributed by atoms with van der Waals surface area (Å²) in [5.74, 6) is -0.684. The number of aryl methyl sites for hydroxylation is 1. The lowest BCUT2D eigenvalue weighted by Gasteiger charge is -2.23. The van der Waals surface area contributed by atoms with Crippen LogP contribution in [0.5, 0.6) is 0 Å². The monoisotopic (exact) mass is 224 g/mol. The highest BCUT2D eigenvalue weighted by atomic mass is 19.1. The number of benzene rings is 1. The number of carbonyl (C=O) groups is 1. The van der Waals surface area contributed by atoms with Gasteiger partial charge >= 0.3 is 0 Å². The molecule has 1 atom stereocenters. The molecule has 0 saturated heterocycles. The van der Waals surface area contributed by atoms with Gasteiger partial charge in [-0.3, -0.25) is 10.1 Å². The Balaban J connectivity index is 2.43. The Hall–Kier alpha value is -1.98. The van der Waals surface area contributed by atoms with Gasteiger partial charge in [0.25, 0.3) is 5.69 Å². The Bertz CT molecular complexity index is 462. The number of halogens is 1. The van der Waals surface area contributed by atoms with E-state index >= 15 is 0 Å². The molecule has 1 aromatic carbocycles. The van der Waals surface area contributed by atoms with Crippen LogP contribution in [0.4, 0.5) is 15.8 Å². The number of nitro benzene ring substituents is 1. The van der Waals surface area contributed by atoms with E-state index in [0.29, 0.717) is 24.7 Å². The molecule has 0 bridgehead atoms. The molecule has 1 aliphatic heterocycles. The van der Waals surface area contributed by atoms with Gasteiger partial charge in [0.2, 0.25) is 0 Å². The van der Waals surface area contributed by atoms with E-state index < -0.39 is 16.8 Å². The number of rotatable bonds is 2. The molecule has 0 aromatic heterocycles. The smallest absolute Gasteiger partial charge is 0.272 e. The molecule has 1 heterocycles. The summed E-state index contributed by atoms with van der Waals surface area (Å²) in [7, 11) is 0. The predicted octanol–water partition coefficient (Wildman–Crippen LogP) is 1.66. The van der Waals surface area contributed by atoms with Gasteiger partial charge in [0.15, 0.2) is 5.82 Å². The van der Waals surface area contributed by atoms with Gasteiger partial charge in [0.05, 0.1) is 22.7 Å². The average molecular weight is 224 g/mol. The van der Waals surface area contributed by atoms with Gasteiger partial charge < -0.3 is 10.1 Å². The third-order valence-electron chi connectivity index (χ3n) is 2.59. The Morgan fingerprint density at radius 2 is 2.31 bits per heavy atom. The number of aldehydes is 1. The van der Waals surface area contributed by atoms with Gasteiger partial charge in [-0.1, -0.05) is 0 Å². The van der Waals surface area contributed by atoms with Crippen molar-refractivity contribution in [2.24, 2.45) is 0 Å². The Morgan fingerprint density at radius 1 is 1.56 bits per heavy atom. The molecule has 0 spiro atoms. The number of nitro groups is 1. The first-order valence-corrected chi connectivity index (χ1v) is 4.80. The van der Waals surface area contributed by atoms with Crippen LogP contribution in [0.2, 0.25) is 0 Å². The van der Waals surface area contributed by atoms with Crippen molar-refractivity contribution in [3.8, 4) is 0 Å². The van der Waals surface area contributed by atoms with Gasteiger partial charge in [-0.2, -0.15) is 0 Å². The number of nitrogens with one attached hydrogen (secondary N) is 1. The summed E-state index contributed by atoms with van der Waals surface area (Å²) in [5, 5.41) is 13.2. The van der Waals surface area contributed by atoms with Gasteiger partial charge in [0.1, 0.15) is 6.29 Å². The SMILES string of the molecule is O=CC1CCc2cc([N+](=O)[O-])cc(F)c2N1. The lowest BCUT2D eigenvalue weighted by Crippen LogP contribution is -2.27. The van der Waals surface area contributed by atoms with Crippen molar-refractivity contribution in [3.63, 3.8) is 0 Å². The molecular formula is C10H9FN2O3. The summed E-state index contributed by atoms with van der Waals surface area (Å²) >= 11 is 0. The number of non-ortho nitro benzene ring substituents is 1. The second kappa shape index (κ2) is 3.88. The van der Waals surface area contributed by atoms with Crippen LogP contribution in [-0.2, 0) is 11.2 Å². The third kappa shape index (κ3) is 1.73. The minimum absolute atomic E-state index is 0.203. The van der Waals surface area contributed by atoms with Crippen molar-refractivity contribution in [2.75, 3.05) is 5.32 Å². The first-order valence-electron chi connectivity index (χ1n) is 4.80. The van der Waals surface area contributed by atoms with E-state index in [0.717, 1.165) is 6.07 Å². The van der Waals surface area contributed by atoms with Crippen LogP contribution in [0, 0.1) is 15.9 Å². The standard InChI is InChI=1S/C10H9FN2O3/c11-9-4-8(13(15)16)3-6-1-2-7(5-14)12-10(6)9/h3-5,7,12H,1-2H2. The second-order valence-corrected chi connectivity index (χ2v) is 3.64. The van der Waals surface area contributed by atoms with Crippen molar-refractivity contribution in [1.82, 2.24) is 0 Å². The van der Waals surface area contributed by atoms with Crippen LogP contribution < -0.4 is 5.32 Å². The largest absolute Gasteiger partial charge is 0.373 e. The maximum absolute atomic E-state index is 13.5. The Morgan fingerprint density at radius 3 is 2.94 bits per heavy atom. The number of carbonyl (C=O) groups excluding carboxylic acids is 1. The molecular weight excluding hydrogens is 215 g/mol. The number of anilines is 1. The maximum atomic E-state index is 13.5. The molecule has 0 fully saturated rings. The van der Waals surface area contributed by atoms with Crippen molar-refractivity contribution in [3.05, 3.63) is 33.6 Å². The van der Waals surface area contributed by atoms with E-state index in [4.69, 9.17) is 0 Å². The van der Waals surface area contributed by atoms with E-state index in [1.807, 2.05) is 0 Å². The maximum Gasteiger partial charge on any atom is 0.272 e. The molecule has 1 aromatic rings. The molecule has 16 heavy (non-hydrogen) atoms. The molecule has 1 N–H and O–H groups in total. The summed E-state index contributed by atoms with van der Waals surface area (Å²) in [5.41, 5.74) is 0.487. The van der Waals surface area contributed by atoms with Crippen LogP contribution in [0.15, 0.2) is 12.1 Å². The number of fused-ring (bicyclic) bond motifs is 1. The summed E-state index contributed by atoms with van der Waals surface area (Å²) < 4.78 is 13.5. The van der Waals surface area contributed by atoms with E-state index in [1.165, 1.54) is 6.07 Å². The number of hydrogen-bond acceptors (Lipinski definition) is 4. The molecule has 1 aliphatic rings. The first kappa shape index (κ1) is 10.5. The highest BCUT2D eigenvalue weighted by Crippen LogP contribution is 2.31. The molecule has 0 amide bonds. The fourth-order valence-corrected chi connectivity index (χ4v) is 1.78. The number of nitrogens with zero attached hydrogens (tertiary/aromatic N) is 1. The van der Waals surface area contributed by atoms with Crippen LogP contribution in [0.1, 0.15) is 12.0 Å². The van der Waals surface area contributed by atoms with Crippen molar-refractivity contribution in [2.45, 2.75) is 18.9 Å². The fraction of sp³-hybridized carbons (Fsp3) is 0.300. The summed E-state index contributed by atoms with van der Waals surface area (Å²) in [4.78, 5) is 20.5. The highest BCUT2D eigenvalue weighted by molar-refractivity contribution is 5.69. The van der Waals surface area contributed by atoms with Gasteiger partial charge in [-0.15, -0.1) is 0 Å². The van der Waals surface area contributed by atoms with Crippen LogP contribution in [-0.4, -0.2) is 17.3 Å². The minimum Gasteiger partial charge on any atom is -0.373 e. The average Bonchev–Trinajstić information content (AvgIpc) is 2.28. The van der Waals surface area contributed by atoms with E-state index in [1.54, 1.807) is 0 Å². The lowest BCUT2D eigenvalue weighted by molar-refractivity contribution is -0.385. The molecule has 6 heteroatoms. The molecule has 2 rings (SSSR count). The third-order valence-corrected chi connectivity index (χ3v) is 2.59. The normalized spacial score (nSPS) is 18.4. The first-order chi connectivity index (χ1) is 7.61. The zero-order valence-corrected chi connectivity index (χ0v) is 8.27. The zero-order valence-electron chi connectivity index (χ0n) is 8.27. The van der Waals surface area contributed by atoms with Gasteiger partial charge in [0, 0.05) is 6.07 Å². The quantitative estimate of drug-likeness (QED) is 0.471. The Labute approximate surface area is 90.4 Å². The zero-order chi connectivity index (χ0) is 11.7. The number of hydrogen-bond donors (Lipinski definition) is 1. The Kier molecular flexibility index (Phi) is 2.55. The fourth-order valence-electron chi connectivity index (χ4n) is 1.78. The van der Waals surface area contributed by atoms with Gasteiger partial charge in [-0.25, -0.2) is 4.39 Å². The van der Waals surface area contributed by atoms with E-state index in [9.17, 15) is 19.3 Å². The van der Waals surface area contributed by atoms with Crippen molar-refractivity contribution >= 4 is 17.7 Å². The van der Waals surface area contributed by atoms with Crippen molar-refractivity contribution < 1.29 is 14.1 Å². The lowest BCUT2D eigenvalue weighted by atomic mass is 9.98. The van der Waals surface area contributed by atoms with Crippen molar-refractivity contribution in [1.29, 1.82) is 0 Å². The summed E-state index contributed by atoms with van der Waals surface area (Å²) in [6.07, 6.45) is 1.70. The second-order valence-electron chi connectivity index (χ2n) is 3.64. The van der Waals surface area contributed by atoms with Crippen LogP contribution in [0.3, 0.4) is 0 Å². The predicted molar refractivity (Wildman–Crippen MR) is 54.9 cm³/mol. The van der Waals surface area contributed by atoms with Crippen LogP contribution in [0.25, 0.3) is 0 Å². The molecule has 0 aliphatic carbocycles. The molecule has 0 saturated carbocycles. The molecule has 5 nitrogen and oxygen atoms in total. The molecule has 0 radical (unpaired) electrons. The topological polar surface area (TPSA) is 72.2 Å². The van der Waals surface area contributed by atoms with Crippen LogP contribution >= 0.6 is 0 Å². The van der Waals surface area contributed by atoms with E-state index in [-0.39, 0.29) is 11.4 Å². The summed E-state index contributed by atoms with van der Waals surface area (Å²) in [6.45, 7) is 0. The minimum atomic E-state index is -0.684. The highest BCUT2D eigenvalue weighted by Gasteiger charge is 2.23. The molecule has 1 unspecified atom stereocenters. The summed E-state index contributed by atoms with van der Waals surface area (Å²) in [6, 6.07) is 1.79.